The fraction of sp³-hybridized carbons (Fsp3) is 0.0769. The molecule has 0 aliphatic rings. The highest BCUT2D eigenvalue weighted by molar-refractivity contribution is 5.84. The molecule has 0 unspecified atom stereocenters. The third kappa shape index (κ3) is 4.49. The third-order valence-corrected chi connectivity index (χ3v) is 4.06. The van der Waals surface area contributed by atoms with E-state index < -0.39 is 0 Å². The molecule has 0 atom stereocenters. The van der Waals surface area contributed by atoms with Crippen LogP contribution >= 0.6 is 0 Å². The first kappa shape index (κ1) is 19.2. The highest BCUT2D eigenvalue weighted by Gasteiger charge is 2.07. The van der Waals surface area contributed by atoms with Crippen LogP contribution < -0.4 is 0 Å². The van der Waals surface area contributed by atoms with Crippen molar-refractivity contribution < 1.29 is 0 Å². The quantitative estimate of drug-likeness (QED) is 0.416. The lowest BCUT2D eigenvalue weighted by atomic mass is 9.93. The Hall–Kier alpha value is -3.12. The maximum atomic E-state index is 3.87. The number of hydrogen-bond acceptors (Lipinski definition) is 0. The molecule has 0 aromatic heterocycles. The first-order chi connectivity index (χ1) is 12.8. The van der Waals surface area contributed by atoms with Crippen molar-refractivity contribution in [3.8, 4) is 22.3 Å². The van der Waals surface area contributed by atoms with Gasteiger partial charge in [-0.25, -0.2) is 0 Å². The molecule has 0 heteroatoms. The van der Waals surface area contributed by atoms with Gasteiger partial charge in [0.2, 0.25) is 0 Å². The van der Waals surface area contributed by atoms with Crippen LogP contribution in [0.15, 0.2) is 110 Å². The van der Waals surface area contributed by atoms with Crippen molar-refractivity contribution in [3.63, 3.8) is 0 Å². The summed E-state index contributed by atoms with van der Waals surface area (Å²) in [6, 6.07) is 27.6. The zero-order chi connectivity index (χ0) is 18.8. The molecule has 3 aromatic rings. The van der Waals surface area contributed by atoms with E-state index in [-0.39, 0.29) is 0 Å². The van der Waals surface area contributed by atoms with Gasteiger partial charge in [0, 0.05) is 0 Å². The van der Waals surface area contributed by atoms with Crippen LogP contribution in [-0.2, 0) is 0 Å². The van der Waals surface area contributed by atoms with Crippen LogP contribution in [0, 0.1) is 0 Å². The topological polar surface area (TPSA) is 0 Å². The average molecular weight is 338 g/mol. The minimum atomic E-state index is 1.08. The molecule has 0 aliphatic heterocycles. The van der Waals surface area contributed by atoms with Crippen LogP contribution in [-0.4, -0.2) is 0 Å². The van der Waals surface area contributed by atoms with E-state index in [9.17, 15) is 0 Å². The van der Waals surface area contributed by atoms with E-state index in [4.69, 9.17) is 0 Å². The van der Waals surface area contributed by atoms with Crippen LogP contribution in [0.1, 0.15) is 19.4 Å². The summed E-state index contributed by atoms with van der Waals surface area (Å²) in [5.41, 5.74) is 7.15. The molecule has 0 amide bonds. The summed E-state index contributed by atoms with van der Waals surface area (Å²) in [7, 11) is 0. The highest BCUT2D eigenvalue weighted by Crippen LogP contribution is 2.32. The number of hydrogen-bond donors (Lipinski definition) is 0. The zero-order valence-corrected chi connectivity index (χ0v) is 15.7. The van der Waals surface area contributed by atoms with Gasteiger partial charge in [-0.1, -0.05) is 124 Å². The molecule has 0 saturated carbocycles. The zero-order valence-electron chi connectivity index (χ0n) is 15.7. The predicted molar refractivity (Wildman–Crippen MR) is 117 cm³/mol. The molecule has 0 fully saturated rings. The molecular formula is C26H26. The van der Waals surface area contributed by atoms with Gasteiger partial charge in [0.15, 0.2) is 0 Å². The molecular weight excluding hydrogens is 312 g/mol. The molecule has 0 spiro atoms. The second-order valence-electron chi connectivity index (χ2n) is 5.55. The van der Waals surface area contributed by atoms with Crippen LogP contribution in [0.4, 0.5) is 0 Å². The summed E-state index contributed by atoms with van der Waals surface area (Å²) >= 11 is 0. The van der Waals surface area contributed by atoms with Crippen LogP contribution in [0.3, 0.4) is 0 Å². The minimum Gasteiger partial charge on any atom is -0.0990 e. The summed E-state index contributed by atoms with van der Waals surface area (Å²) in [5, 5.41) is 0. The van der Waals surface area contributed by atoms with Crippen LogP contribution in [0.5, 0.6) is 0 Å². The van der Waals surface area contributed by atoms with Crippen molar-refractivity contribution in [2.24, 2.45) is 0 Å². The van der Waals surface area contributed by atoms with Gasteiger partial charge < -0.3 is 0 Å². The Morgan fingerprint density at radius 3 is 1.65 bits per heavy atom. The number of allylic oxidation sites excluding steroid dienone is 4. The first-order valence-corrected chi connectivity index (χ1v) is 9.04. The molecule has 0 N–H and O–H groups in total. The Morgan fingerprint density at radius 2 is 1.15 bits per heavy atom. The summed E-state index contributed by atoms with van der Waals surface area (Å²) in [6.07, 6.45) is 5.62. The normalized spacial score (nSPS) is 10.5. The average Bonchev–Trinajstić information content (AvgIpc) is 2.74. The Kier molecular flexibility index (Phi) is 7.39. The van der Waals surface area contributed by atoms with Crippen molar-refractivity contribution in [2.75, 3.05) is 0 Å². The standard InChI is InChI=1S/C24H20.C2H6/c1-3-10-19(4-2)20-15-17-22(18-16-20)24-14-9-8-13-23(24)21-11-6-5-7-12-21;1-2/h3-18H,1-2H2;1-2H3/b19-10+;. The lowest BCUT2D eigenvalue weighted by Crippen LogP contribution is -1.86. The molecule has 0 nitrogen and oxygen atoms in total. The van der Waals surface area contributed by atoms with Gasteiger partial charge in [-0.15, -0.1) is 0 Å². The highest BCUT2D eigenvalue weighted by atomic mass is 14.1. The lowest BCUT2D eigenvalue weighted by Gasteiger charge is -2.11. The summed E-state index contributed by atoms with van der Waals surface area (Å²) in [4.78, 5) is 0. The van der Waals surface area contributed by atoms with E-state index in [0.29, 0.717) is 0 Å². The largest absolute Gasteiger partial charge is 0.0990 e. The van der Waals surface area contributed by atoms with Crippen molar-refractivity contribution in [2.45, 2.75) is 13.8 Å². The SMILES string of the molecule is C=C/C=C(\C=C)c1ccc(-c2ccccc2-c2ccccc2)cc1.CC. The third-order valence-electron chi connectivity index (χ3n) is 4.06. The number of benzene rings is 3. The van der Waals surface area contributed by atoms with E-state index in [1.807, 2.05) is 32.1 Å². The van der Waals surface area contributed by atoms with Crippen molar-refractivity contribution in [3.05, 3.63) is 116 Å². The summed E-state index contributed by atoms with van der Waals surface area (Å²) < 4.78 is 0. The summed E-state index contributed by atoms with van der Waals surface area (Å²) in [5.74, 6) is 0. The van der Waals surface area contributed by atoms with Gasteiger partial charge in [0.1, 0.15) is 0 Å². The Morgan fingerprint density at radius 1 is 0.654 bits per heavy atom. The first-order valence-electron chi connectivity index (χ1n) is 9.04. The van der Waals surface area contributed by atoms with E-state index >= 15 is 0 Å². The molecule has 0 bridgehead atoms. The molecule has 3 rings (SSSR count). The predicted octanol–water partition coefficient (Wildman–Crippen LogP) is 7.80. The number of rotatable bonds is 5. The monoisotopic (exact) mass is 338 g/mol. The lowest BCUT2D eigenvalue weighted by molar-refractivity contribution is 1.50. The molecule has 130 valence electrons. The minimum absolute atomic E-state index is 1.08. The molecule has 3 aromatic carbocycles. The van der Waals surface area contributed by atoms with Crippen molar-refractivity contribution in [1.82, 2.24) is 0 Å². The smallest absolute Gasteiger partial charge is 0.0105 e. The molecule has 0 heterocycles. The second-order valence-corrected chi connectivity index (χ2v) is 5.55. The maximum absolute atomic E-state index is 3.87. The van der Waals surface area contributed by atoms with E-state index in [0.717, 1.165) is 11.1 Å². The molecule has 0 radical (unpaired) electrons. The van der Waals surface area contributed by atoms with Gasteiger partial charge >= 0.3 is 0 Å². The van der Waals surface area contributed by atoms with Crippen molar-refractivity contribution in [1.29, 1.82) is 0 Å². The second kappa shape index (κ2) is 10.0. The molecule has 0 saturated heterocycles. The van der Waals surface area contributed by atoms with Gasteiger partial charge in [-0.05, 0) is 33.4 Å². The van der Waals surface area contributed by atoms with Crippen molar-refractivity contribution >= 4 is 5.57 Å². The summed E-state index contributed by atoms with van der Waals surface area (Å²) in [6.45, 7) is 11.6. The van der Waals surface area contributed by atoms with Gasteiger partial charge in [0.25, 0.3) is 0 Å². The Bertz CT molecular complexity index is 865. The Balaban J connectivity index is 0.00000117. The van der Waals surface area contributed by atoms with Crippen LogP contribution in [0.25, 0.3) is 27.8 Å². The molecule has 26 heavy (non-hydrogen) atoms. The maximum Gasteiger partial charge on any atom is -0.0105 e. The fourth-order valence-electron chi connectivity index (χ4n) is 2.86. The van der Waals surface area contributed by atoms with Crippen LogP contribution in [0.2, 0.25) is 0 Å². The van der Waals surface area contributed by atoms with E-state index in [2.05, 4.69) is 86.0 Å². The van der Waals surface area contributed by atoms with Gasteiger partial charge in [0.05, 0.1) is 0 Å². The van der Waals surface area contributed by atoms with E-state index in [1.165, 1.54) is 22.3 Å². The van der Waals surface area contributed by atoms with E-state index in [1.54, 1.807) is 6.08 Å². The van der Waals surface area contributed by atoms with Gasteiger partial charge in [-0.2, -0.15) is 0 Å². The fourth-order valence-corrected chi connectivity index (χ4v) is 2.86. The Labute approximate surface area is 157 Å². The molecule has 0 aliphatic carbocycles. The van der Waals surface area contributed by atoms with Gasteiger partial charge in [-0.3, -0.25) is 0 Å².